The Hall–Kier alpha value is -2.90. The number of alkyl halides is 3. The van der Waals surface area contributed by atoms with Crippen molar-refractivity contribution in [3.8, 4) is 5.13 Å². The van der Waals surface area contributed by atoms with Crippen LogP contribution in [-0.4, -0.2) is 38.7 Å². The van der Waals surface area contributed by atoms with Crippen LogP contribution in [0.3, 0.4) is 0 Å². The van der Waals surface area contributed by atoms with E-state index in [0.29, 0.717) is 16.1 Å². The second kappa shape index (κ2) is 9.30. The molecule has 32 heavy (non-hydrogen) atoms. The molecule has 0 aliphatic rings. The number of benzene rings is 1. The first-order valence-corrected chi connectivity index (χ1v) is 10.3. The first kappa shape index (κ1) is 23.8. The van der Waals surface area contributed by atoms with Crippen LogP contribution in [0.2, 0.25) is 10.0 Å². The average Bonchev–Trinajstić information content (AvgIpc) is 3.37. The molecule has 15 heteroatoms. The van der Waals surface area contributed by atoms with Gasteiger partial charge in [-0.25, -0.2) is 14.8 Å². The topological polar surface area (TPSA) is 114 Å². The predicted molar refractivity (Wildman–Crippen MR) is 112 cm³/mol. The second-order valence-electron chi connectivity index (χ2n) is 6.25. The molecule has 0 aliphatic carbocycles. The van der Waals surface area contributed by atoms with Crippen LogP contribution in [-0.2, 0) is 6.18 Å². The summed E-state index contributed by atoms with van der Waals surface area (Å²) in [6, 6.07) is -0.0333. The molecule has 0 fully saturated rings. The molecule has 0 spiro atoms. The highest BCUT2D eigenvalue weighted by molar-refractivity contribution is 7.16. The van der Waals surface area contributed by atoms with Gasteiger partial charge in [0.1, 0.15) is 11.2 Å². The first-order chi connectivity index (χ1) is 15.0. The lowest BCUT2D eigenvalue weighted by molar-refractivity contribution is -0.137. The molecule has 0 aliphatic heterocycles. The summed E-state index contributed by atoms with van der Waals surface area (Å²) in [5, 5.41) is 10.9. The summed E-state index contributed by atoms with van der Waals surface area (Å²) < 4.78 is 40.5. The van der Waals surface area contributed by atoms with Crippen LogP contribution in [0.4, 0.5) is 23.7 Å². The van der Waals surface area contributed by atoms with Crippen molar-refractivity contribution >= 4 is 52.2 Å². The van der Waals surface area contributed by atoms with Gasteiger partial charge in [-0.2, -0.15) is 23.0 Å². The number of nitrogens with zero attached hydrogens (tertiary/aromatic N) is 4. The van der Waals surface area contributed by atoms with Crippen LogP contribution in [0, 0.1) is 0 Å². The summed E-state index contributed by atoms with van der Waals surface area (Å²) in [5.74, 6) is -0.0461. The summed E-state index contributed by atoms with van der Waals surface area (Å²) >= 11 is 12.6. The highest BCUT2D eigenvalue weighted by Crippen LogP contribution is 2.39. The standard InChI is InChI=1S/C17H14Cl2F3N7O2S/c1-7(13-25-6-26-29(13)16-24-5-12(32-16)14(30)23-2)27-15(31)28-11-3-8(17(20,21)22)9(18)4-10(11)19/h3-7H,1-2H3,(H,23,30)(H2,27,28,31). The molecule has 170 valence electrons. The minimum absolute atomic E-state index is 0.168. The fourth-order valence-corrected chi connectivity index (χ4v) is 3.93. The number of rotatable bonds is 5. The Bertz CT molecular complexity index is 1170. The normalized spacial score (nSPS) is 12.3. The molecule has 0 saturated carbocycles. The fraction of sp³-hybridized carbons (Fsp3) is 0.235. The number of thiazole rings is 1. The van der Waals surface area contributed by atoms with Crippen molar-refractivity contribution in [1.82, 2.24) is 30.4 Å². The van der Waals surface area contributed by atoms with Crippen LogP contribution < -0.4 is 16.0 Å². The van der Waals surface area contributed by atoms with E-state index < -0.39 is 28.8 Å². The molecular weight excluding hydrogens is 494 g/mol. The van der Waals surface area contributed by atoms with Crippen LogP contribution in [0.25, 0.3) is 5.13 Å². The van der Waals surface area contributed by atoms with Gasteiger partial charge in [0.05, 0.1) is 33.5 Å². The van der Waals surface area contributed by atoms with Gasteiger partial charge in [-0.15, -0.1) is 0 Å². The molecule has 9 nitrogen and oxygen atoms in total. The minimum atomic E-state index is -4.72. The zero-order valence-electron chi connectivity index (χ0n) is 16.3. The molecule has 3 amide bonds. The highest BCUT2D eigenvalue weighted by Gasteiger charge is 2.34. The Kier molecular flexibility index (Phi) is 6.91. The largest absolute Gasteiger partial charge is 0.417 e. The molecule has 1 aromatic carbocycles. The Labute approximate surface area is 192 Å². The SMILES string of the molecule is CNC(=O)c1cnc(-n2ncnc2C(C)NC(=O)Nc2cc(C(F)(F)F)c(Cl)cc2Cl)s1. The van der Waals surface area contributed by atoms with Gasteiger partial charge in [-0.1, -0.05) is 34.5 Å². The van der Waals surface area contributed by atoms with Crippen LogP contribution in [0.15, 0.2) is 24.7 Å². The van der Waals surface area contributed by atoms with Crippen molar-refractivity contribution in [2.24, 2.45) is 0 Å². The number of halogens is 5. The molecular formula is C17H14Cl2F3N7O2S. The van der Waals surface area contributed by atoms with Crippen LogP contribution in [0.5, 0.6) is 0 Å². The molecule has 0 saturated heterocycles. The van der Waals surface area contributed by atoms with Gasteiger partial charge in [0.15, 0.2) is 5.82 Å². The maximum atomic E-state index is 13.1. The van der Waals surface area contributed by atoms with Crippen molar-refractivity contribution in [3.63, 3.8) is 0 Å². The number of hydrogen-bond acceptors (Lipinski definition) is 6. The molecule has 2 heterocycles. The van der Waals surface area contributed by atoms with Crippen molar-refractivity contribution in [3.05, 3.63) is 51.0 Å². The van der Waals surface area contributed by atoms with Crippen molar-refractivity contribution in [2.75, 3.05) is 12.4 Å². The van der Waals surface area contributed by atoms with Gasteiger partial charge in [0, 0.05) is 7.05 Å². The molecule has 2 aromatic heterocycles. The van der Waals surface area contributed by atoms with Crippen molar-refractivity contribution < 1.29 is 22.8 Å². The predicted octanol–water partition coefficient (Wildman–Crippen LogP) is 4.29. The molecule has 3 aromatic rings. The lowest BCUT2D eigenvalue weighted by Crippen LogP contribution is -2.32. The van der Waals surface area contributed by atoms with E-state index in [-0.39, 0.29) is 22.4 Å². The van der Waals surface area contributed by atoms with Gasteiger partial charge >= 0.3 is 12.2 Å². The maximum Gasteiger partial charge on any atom is 0.417 e. The van der Waals surface area contributed by atoms with E-state index >= 15 is 0 Å². The van der Waals surface area contributed by atoms with E-state index in [1.54, 1.807) is 6.92 Å². The van der Waals surface area contributed by atoms with E-state index in [9.17, 15) is 22.8 Å². The average molecular weight is 508 g/mol. The van der Waals surface area contributed by atoms with Crippen LogP contribution >= 0.6 is 34.5 Å². The Balaban J connectivity index is 1.76. The van der Waals surface area contributed by atoms with Gasteiger partial charge in [0.2, 0.25) is 5.13 Å². The molecule has 1 unspecified atom stereocenters. The summed E-state index contributed by atoms with van der Waals surface area (Å²) in [5.41, 5.74) is -1.41. The number of anilines is 1. The fourth-order valence-electron chi connectivity index (χ4n) is 2.57. The third-order valence-electron chi connectivity index (χ3n) is 4.04. The zero-order valence-corrected chi connectivity index (χ0v) is 18.6. The Morgan fingerprint density at radius 1 is 1.19 bits per heavy atom. The van der Waals surface area contributed by atoms with Gasteiger partial charge in [-0.3, -0.25) is 4.79 Å². The highest BCUT2D eigenvalue weighted by atomic mass is 35.5. The number of nitrogens with one attached hydrogen (secondary N) is 3. The minimum Gasteiger partial charge on any atom is -0.354 e. The molecule has 3 N–H and O–H groups in total. The zero-order chi connectivity index (χ0) is 23.6. The molecule has 3 rings (SSSR count). The summed E-state index contributed by atoms with van der Waals surface area (Å²) in [6.07, 6.45) is -2.12. The monoisotopic (exact) mass is 507 g/mol. The van der Waals surface area contributed by atoms with E-state index in [1.165, 1.54) is 24.3 Å². The number of hydrogen-bond donors (Lipinski definition) is 3. The van der Waals surface area contributed by atoms with E-state index in [4.69, 9.17) is 23.2 Å². The number of urea groups is 1. The summed E-state index contributed by atoms with van der Waals surface area (Å²) in [7, 11) is 1.48. The molecule has 1 atom stereocenters. The van der Waals surface area contributed by atoms with Crippen molar-refractivity contribution in [2.45, 2.75) is 19.1 Å². The molecule has 0 radical (unpaired) electrons. The first-order valence-electron chi connectivity index (χ1n) is 8.73. The lowest BCUT2D eigenvalue weighted by Gasteiger charge is -2.16. The third-order valence-corrected chi connectivity index (χ3v) is 5.64. The smallest absolute Gasteiger partial charge is 0.354 e. The molecule has 0 bridgehead atoms. The maximum absolute atomic E-state index is 13.1. The summed E-state index contributed by atoms with van der Waals surface area (Å²) in [4.78, 5) is 32.7. The van der Waals surface area contributed by atoms with Gasteiger partial charge in [0.25, 0.3) is 5.91 Å². The Morgan fingerprint density at radius 2 is 1.91 bits per heavy atom. The van der Waals surface area contributed by atoms with E-state index in [1.807, 2.05) is 0 Å². The number of aromatic nitrogens is 4. The number of carbonyl (C=O) groups is 2. The van der Waals surface area contributed by atoms with E-state index in [0.717, 1.165) is 17.4 Å². The quantitative estimate of drug-likeness (QED) is 0.476. The van der Waals surface area contributed by atoms with Crippen LogP contribution in [0.1, 0.15) is 34.0 Å². The van der Waals surface area contributed by atoms with Crippen molar-refractivity contribution in [1.29, 1.82) is 0 Å². The van der Waals surface area contributed by atoms with Gasteiger partial charge in [-0.05, 0) is 19.1 Å². The lowest BCUT2D eigenvalue weighted by atomic mass is 10.2. The second-order valence-corrected chi connectivity index (χ2v) is 8.07. The Morgan fingerprint density at radius 3 is 2.56 bits per heavy atom. The van der Waals surface area contributed by atoms with E-state index in [2.05, 4.69) is 31.0 Å². The number of amides is 3. The summed E-state index contributed by atoms with van der Waals surface area (Å²) in [6.45, 7) is 1.58. The number of carbonyl (C=O) groups excluding carboxylic acids is 2. The third kappa shape index (κ3) is 5.11. The van der Waals surface area contributed by atoms with Gasteiger partial charge < -0.3 is 16.0 Å².